The maximum atomic E-state index is 12.6. The number of thiophene rings is 5. The summed E-state index contributed by atoms with van der Waals surface area (Å²) in [5.41, 5.74) is 2.86. The summed E-state index contributed by atoms with van der Waals surface area (Å²) in [6.45, 7) is 7.75. The third kappa shape index (κ3) is 17.6. The van der Waals surface area contributed by atoms with E-state index in [2.05, 4.69) is 0 Å². The molecule has 0 nitrogen and oxygen atoms in total. The average molecular weight is 773 g/mol. The van der Waals surface area contributed by atoms with Gasteiger partial charge in [0.2, 0.25) is 0 Å². The molecule has 0 atom stereocenters. The topological polar surface area (TPSA) is 0 Å². The van der Waals surface area contributed by atoms with Crippen molar-refractivity contribution in [3.05, 3.63) is 110 Å². The van der Waals surface area contributed by atoms with Crippen molar-refractivity contribution in [2.24, 2.45) is 0 Å². The molecule has 16 heteroatoms. The summed E-state index contributed by atoms with van der Waals surface area (Å²) in [6, 6.07) is 7.90. The van der Waals surface area contributed by atoms with E-state index in [1.807, 2.05) is 18.4 Å². The van der Waals surface area contributed by atoms with Crippen LogP contribution in [0.25, 0.3) is 0 Å². The Hall–Kier alpha value is -2.27. The van der Waals surface area contributed by atoms with E-state index in [1.165, 1.54) is 16.7 Å². The van der Waals surface area contributed by atoms with Crippen molar-refractivity contribution in [3.8, 4) is 0 Å². The predicted molar refractivity (Wildman–Crippen MR) is 175 cm³/mol. The summed E-state index contributed by atoms with van der Waals surface area (Å²) < 4.78 is 131. The molecule has 0 bridgehead atoms. The van der Waals surface area contributed by atoms with Crippen molar-refractivity contribution in [3.63, 3.8) is 0 Å². The van der Waals surface area contributed by atoms with Gasteiger partial charge in [-0.25, -0.2) is 22.0 Å². The summed E-state index contributed by atoms with van der Waals surface area (Å²) in [4.78, 5) is 1.57. The van der Waals surface area contributed by atoms with Crippen molar-refractivity contribution in [1.29, 1.82) is 0 Å². The van der Waals surface area contributed by atoms with E-state index in [9.17, 15) is 48.3 Å². The minimum atomic E-state index is -4.17. The maximum Gasteiger partial charge on any atom is 0.417 e. The predicted octanol–water partition coefficient (Wildman–Crippen LogP) is 14.6. The fourth-order valence-corrected chi connectivity index (χ4v) is 7.13. The van der Waals surface area contributed by atoms with Crippen molar-refractivity contribution in [1.82, 2.24) is 0 Å². The molecule has 0 aliphatic rings. The second kappa shape index (κ2) is 19.7. The maximum absolute atomic E-state index is 12.6. The monoisotopic (exact) mass is 772 g/mol. The minimum absolute atomic E-state index is 0.174. The van der Waals surface area contributed by atoms with E-state index in [4.69, 9.17) is 0 Å². The van der Waals surface area contributed by atoms with Crippen molar-refractivity contribution in [2.75, 3.05) is 0 Å². The Labute approximate surface area is 286 Å². The van der Waals surface area contributed by atoms with Gasteiger partial charge in [-0.1, -0.05) is 0 Å². The lowest BCUT2D eigenvalue weighted by Gasteiger charge is -2.07. The van der Waals surface area contributed by atoms with E-state index in [0.29, 0.717) is 16.0 Å². The highest BCUT2D eigenvalue weighted by Crippen LogP contribution is 2.33. The van der Waals surface area contributed by atoms with Gasteiger partial charge in [0.15, 0.2) is 0 Å². The molecule has 262 valence electrons. The Balaban J connectivity index is 0.000000295. The number of aryl methyl sites for hydroxylation is 4. The highest BCUT2D eigenvalue weighted by atomic mass is 32.1. The third-order valence-electron chi connectivity index (χ3n) is 5.29. The van der Waals surface area contributed by atoms with Gasteiger partial charge in [0.25, 0.3) is 12.3 Å². The van der Waals surface area contributed by atoms with Gasteiger partial charge in [0.1, 0.15) is 6.67 Å². The van der Waals surface area contributed by atoms with E-state index in [-0.39, 0.29) is 16.4 Å². The van der Waals surface area contributed by atoms with Crippen LogP contribution in [-0.4, -0.2) is 6.18 Å². The Morgan fingerprint density at radius 2 is 1.19 bits per heavy atom. The van der Waals surface area contributed by atoms with Crippen molar-refractivity contribution < 1.29 is 48.3 Å². The zero-order valence-corrected chi connectivity index (χ0v) is 29.6. The largest absolute Gasteiger partial charge is 0.417 e. The molecule has 0 spiro atoms. The first-order valence-corrected chi connectivity index (χ1v) is 17.6. The molecular formula is C31H31F11S5. The van der Waals surface area contributed by atoms with E-state index in [0.717, 1.165) is 79.7 Å². The summed E-state index contributed by atoms with van der Waals surface area (Å²) in [7, 11) is 0. The van der Waals surface area contributed by atoms with Gasteiger partial charge in [-0.2, -0.15) is 37.7 Å². The van der Waals surface area contributed by atoms with Crippen LogP contribution in [0.3, 0.4) is 0 Å². The van der Waals surface area contributed by atoms with Crippen LogP contribution in [0, 0.1) is 27.7 Å². The fourth-order valence-electron chi connectivity index (χ4n) is 3.20. The average Bonchev–Trinajstić information content (AvgIpc) is 3.76. The molecule has 5 heterocycles. The van der Waals surface area contributed by atoms with Crippen LogP contribution < -0.4 is 0 Å². The highest BCUT2D eigenvalue weighted by Gasteiger charge is 2.30. The number of halogens is 11. The number of hydrogen-bond acceptors (Lipinski definition) is 5. The molecule has 5 aromatic rings. The first-order valence-electron chi connectivity index (χ1n) is 13.2. The van der Waals surface area contributed by atoms with Crippen LogP contribution >= 0.6 is 56.7 Å². The molecule has 5 aromatic heterocycles. The molecule has 5 rings (SSSR count). The summed E-state index contributed by atoms with van der Waals surface area (Å²) >= 11 is 5.89. The molecule has 0 fully saturated rings. The Morgan fingerprint density at radius 3 is 1.43 bits per heavy atom. The minimum Gasteiger partial charge on any atom is -0.245 e. The summed E-state index contributed by atoms with van der Waals surface area (Å²) in [6.07, 6.45) is -11.3. The first-order chi connectivity index (χ1) is 21.6. The lowest BCUT2D eigenvalue weighted by Crippen LogP contribution is -2.09. The number of rotatable bonds is 4. The number of alkyl halides is 11. The zero-order valence-electron chi connectivity index (χ0n) is 25.5. The fraction of sp³-hybridized carbons (Fsp3) is 0.355. The highest BCUT2D eigenvalue weighted by molar-refractivity contribution is 7.11. The molecular weight excluding hydrogens is 742 g/mol. The Kier molecular flexibility index (Phi) is 17.9. The molecule has 47 heavy (non-hydrogen) atoms. The normalized spacial score (nSPS) is 11.3. The van der Waals surface area contributed by atoms with Crippen LogP contribution in [-0.2, 0) is 25.2 Å². The smallest absolute Gasteiger partial charge is 0.245 e. The molecule has 0 unspecified atom stereocenters. The van der Waals surface area contributed by atoms with Crippen LogP contribution in [0.2, 0.25) is 0 Å². The van der Waals surface area contributed by atoms with Gasteiger partial charge in [-0.15, -0.1) is 45.3 Å². The van der Waals surface area contributed by atoms with E-state index < -0.39 is 36.7 Å². The van der Waals surface area contributed by atoms with Gasteiger partial charge in [0.05, 0.1) is 21.7 Å². The molecule has 0 radical (unpaired) electrons. The SMILES string of the molecule is Cc1ccsc1C(C)(F)F.Cc1ccsc1C(F)F.Cc1csc(CC(F)(F)F)c1.Cc1csc(CF)c1.FC(F)(F)c1ccsc1. The molecule has 0 aromatic carbocycles. The van der Waals surface area contributed by atoms with Crippen LogP contribution in [0.1, 0.15) is 60.7 Å². The van der Waals surface area contributed by atoms with E-state index >= 15 is 0 Å². The van der Waals surface area contributed by atoms with Gasteiger partial charge in [0, 0.05) is 22.1 Å². The van der Waals surface area contributed by atoms with Crippen molar-refractivity contribution >= 4 is 56.7 Å². The quantitative estimate of drug-likeness (QED) is 0.160. The van der Waals surface area contributed by atoms with Crippen LogP contribution in [0.5, 0.6) is 0 Å². The third-order valence-corrected chi connectivity index (χ3v) is 10.3. The zero-order chi connectivity index (χ0) is 36.0. The molecule has 0 aliphatic heterocycles. The van der Waals surface area contributed by atoms with Gasteiger partial charge in [-0.3, -0.25) is 0 Å². The Morgan fingerprint density at radius 1 is 0.660 bits per heavy atom. The molecule has 0 N–H and O–H groups in total. The van der Waals surface area contributed by atoms with E-state index in [1.54, 1.807) is 55.1 Å². The summed E-state index contributed by atoms with van der Waals surface area (Å²) in [5, 5.41) is 9.53. The number of hydrogen-bond donors (Lipinski definition) is 0. The molecule has 0 aliphatic carbocycles. The lowest BCUT2D eigenvalue weighted by atomic mass is 10.2. The molecule has 0 saturated carbocycles. The second-order valence-electron chi connectivity index (χ2n) is 9.71. The lowest BCUT2D eigenvalue weighted by molar-refractivity contribution is -0.137. The second-order valence-corrected chi connectivity index (χ2v) is 14.3. The summed E-state index contributed by atoms with van der Waals surface area (Å²) in [5.74, 6) is -2.67. The first kappa shape index (κ1) is 42.8. The Bertz CT molecular complexity index is 1530. The van der Waals surface area contributed by atoms with Gasteiger partial charge >= 0.3 is 12.4 Å². The van der Waals surface area contributed by atoms with Gasteiger partial charge < -0.3 is 0 Å². The van der Waals surface area contributed by atoms with Crippen LogP contribution in [0.4, 0.5) is 48.3 Å². The standard InChI is InChI=1S/C7H7F3S.C7H8F2S.C6H6F2S.C6H7FS.C5H3F3S/c1-5-2-6(11-4-5)3-7(8,9)10;1-5-3-4-10-6(5)7(2,8)9;1-4-2-3-9-5(4)6(7)8;1-5-2-6(3-7)8-4-5;6-5(7,8)4-1-2-9-3-4/h2,4H,3H2,1H3;3-4H,1-2H3;2-3,6H,1H3;2,4H,3H2,1H3;1-3H. The van der Waals surface area contributed by atoms with Crippen molar-refractivity contribution in [2.45, 2.75) is 72.4 Å². The molecule has 0 saturated heterocycles. The van der Waals surface area contributed by atoms with Crippen LogP contribution in [0.15, 0.2) is 62.6 Å². The van der Waals surface area contributed by atoms with Gasteiger partial charge in [-0.05, 0) is 107 Å². The molecule has 0 amide bonds.